The van der Waals surface area contributed by atoms with Crippen molar-refractivity contribution >= 4 is 23.5 Å². The molecule has 6 nitrogen and oxygen atoms in total. The van der Waals surface area contributed by atoms with Crippen LogP contribution in [0.4, 0.5) is 14.9 Å². The lowest BCUT2D eigenvalue weighted by atomic mass is 9.99. The van der Waals surface area contributed by atoms with Crippen LogP contribution in [0.15, 0.2) is 83.9 Å². The average Bonchev–Trinajstić information content (AvgIpc) is 3.15. The Bertz CT molecular complexity index is 1210. The highest BCUT2D eigenvalue weighted by Crippen LogP contribution is 2.44. The lowest BCUT2D eigenvalue weighted by molar-refractivity contribution is -0.142. The van der Waals surface area contributed by atoms with Gasteiger partial charge >= 0.3 is 12.1 Å². The third kappa shape index (κ3) is 5.09. The molecule has 7 heteroatoms. The fraction of sp³-hybridized carbons (Fsp3) is 0.250. The minimum atomic E-state index is -1.17. The van der Waals surface area contributed by atoms with Gasteiger partial charge in [0.05, 0.1) is 18.5 Å². The van der Waals surface area contributed by atoms with Crippen LogP contribution in [0.25, 0.3) is 0 Å². The molecule has 0 spiro atoms. The number of halogens is 1. The Balaban J connectivity index is 1.93. The summed E-state index contributed by atoms with van der Waals surface area (Å²) in [7, 11) is 1.25. The smallest absolute Gasteiger partial charge is 0.415 e. The van der Waals surface area contributed by atoms with E-state index in [0.717, 1.165) is 11.1 Å². The lowest BCUT2D eigenvalue weighted by Gasteiger charge is -2.29. The normalized spacial score (nSPS) is 16.9. The van der Waals surface area contributed by atoms with Gasteiger partial charge in [0.15, 0.2) is 6.04 Å². The van der Waals surface area contributed by atoms with Crippen LogP contribution >= 0.6 is 0 Å². The van der Waals surface area contributed by atoms with Gasteiger partial charge in [-0.25, -0.2) is 14.0 Å². The molecule has 0 fully saturated rings. The van der Waals surface area contributed by atoms with E-state index in [1.54, 1.807) is 20.8 Å². The fourth-order valence-corrected chi connectivity index (χ4v) is 4.11. The molecule has 4 rings (SSSR count). The number of hydrogen-bond acceptors (Lipinski definition) is 5. The maximum atomic E-state index is 14.4. The standard InChI is InChI=1S/C28H27FN2O4/c1-28(2,3)35-27(33)31-22-16-15-20(29)17-21(22)24(25(31)26(32)34-4)30-23(18-11-7-5-8-12-18)19-13-9-6-10-14-19/h5-17,24-25H,1-4H3/t24-,25-/m1/s1. The number of fused-ring (bicyclic) bond motifs is 1. The highest BCUT2D eigenvalue weighted by atomic mass is 19.1. The SMILES string of the molecule is COC(=O)[C@H]1[C@H](N=C(c2ccccc2)c2ccccc2)c2cc(F)ccc2N1C(=O)OC(C)(C)C. The van der Waals surface area contributed by atoms with Crippen molar-refractivity contribution in [2.24, 2.45) is 4.99 Å². The predicted octanol–water partition coefficient (Wildman–Crippen LogP) is 5.70. The molecule has 180 valence electrons. The number of nitrogens with zero attached hydrogens (tertiary/aromatic N) is 2. The molecule has 1 amide bonds. The molecular weight excluding hydrogens is 447 g/mol. The molecular formula is C28H27FN2O4. The molecule has 3 aromatic carbocycles. The van der Waals surface area contributed by atoms with Crippen molar-refractivity contribution in [3.8, 4) is 0 Å². The number of carbonyl (C=O) groups excluding carboxylic acids is 2. The number of methoxy groups -OCH3 is 1. The van der Waals surface area contributed by atoms with E-state index in [0.29, 0.717) is 17.0 Å². The summed E-state index contributed by atoms with van der Waals surface area (Å²) in [6.07, 6.45) is -0.737. The molecule has 35 heavy (non-hydrogen) atoms. The summed E-state index contributed by atoms with van der Waals surface area (Å²) >= 11 is 0. The predicted molar refractivity (Wildman–Crippen MR) is 132 cm³/mol. The molecule has 0 unspecified atom stereocenters. The Hall–Kier alpha value is -4.00. The van der Waals surface area contributed by atoms with E-state index in [-0.39, 0.29) is 0 Å². The fourth-order valence-electron chi connectivity index (χ4n) is 4.11. The van der Waals surface area contributed by atoms with E-state index >= 15 is 0 Å². The van der Waals surface area contributed by atoms with Gasteiger partial charge in [-0.1, -0.05) is 60.7 Å². The van der Waals surface area contributed by atoms with Crippen LogP contribution < -0.4 is 4.90 Å². The molecule has 1 heterocycles. The van der Waals surface area contributed by atoms with Gasteiger partial charge in [-0.2, -0.15) is 0 Å². The number of rotatable bonds is 4. The van der Waals surface area contributed by atoms with Crippen LogP contribution in [0, 0.1) is 5.82 Å². The number of anilines is 1. The number of benzene rings is 3. The number of carbonyl (C=O) groups is 2. The summed E-state index contributed by atoms with van der Waals surface area (Å²) in [6.45, 7) is 5.20. The first-order valence-corrected chi connectivity index (χ1v) is 11.3. The number of aliphatic imine (C=N–C) groups is 1. The number of amides is 1. The average molecular weight is 475 g/mol. The first-order valence-electron chi connectivity index (χ1n) is 11.3. The molecule has 0 bridgehead atoms. The minimum absolute atomic E-state index is 0.352. The van der Waals surface area contributed by atoms with Crippen molar-refractivity contribution in [2.75, 3.05) is 12.0 Å². The zero-order chi connectivity index (χ0) is 25.2. The van der Waals surface area contributed by atoms with Gasteiger partial charge in [-0.05, 0) is 39.0 Å². The summed E-state index contributed by atoms with van der Waals surface area (Å²) in [5, 5.41) is 0. The van der Waals surface area contributed by atoms with Crippen LogP contribution in [0.5, 0.6) is 0 Å². The van der Waals surface area contributed by atoms with Crippen LogP contribution in [-0.2, 0) is 14.3 Å². The lowest BCUT2D eigenvalue weighted by Crippen LogP contribution is -2.47. The topological polar surface area (TPSA) is 68.2 Å². The maximum Gasteiger partial charge on any atom is 0.415 e. The van der Waals surface area contributed by atoms with E-state index in [2.05, 4.69) is 0 Å². The summed E-state index contributed by atoms with van der Waals surface area (Å²) < 4.78 is 25.1. The molecule has 0 N–H and O–H groups in total. The van der Waals surface area contributed by atoms with Gasteiger partial charge in [-0.15, -0.1) is 0 Å². The van der Waals surface area contributed by atoms with Crippen LogP contribution in [-0.4, -0.2) is 36.5 Å². The van der Waals surface area contributed by atoms with Gasteiger partial charge in [0, 0.05) is 16.7 Å². The Morgan fingerprint density at radius 3 is 2.00 bits per heavy atom. The Morgan fingerprint density at radius 2 is 1.49 bits per heavy atom. The largest absolute Gasteiger partial charge is 0.467 e. The summed E-state index contributed by atoms with van der Waals surface area (Å²) in [6, 6.07) is 20.9. The van der Waals surface area contributed by atoms with E-state index in [1.807, 2.05) is 60.7 Å². The van der Waals surface area contributed by atoms with E-state index in [4.69, 9.17) is 14.5 Å². The molecule has 0 aromatic heterocycles. The zero-order valence-electron chi connectivity index (χ0n) is 20.1. The monoisotopic (exact) mass is 474 g/mol. The molecule has 3 aromatic rings. The number of ether oxygens (including phenoxy) is 2. The summed E-state index contributed by atoms with van der Waals surface area (Å²) in [5.74, 6) is -1.18. The van der Waals surface area contributed by atoms with Crippen molar-refractivity contribution in [1.82, 2.24) is 0 Å². The second kappa shape index (κ2) is 9.70. The van der Waals surface area contributed by atoms with Gasteiger partial charge in [0.25, 0.3) is 0 Å². The molecule has 2 atom stereocenters. The highest BCUT2D eigenvalue weighted by molar-refractivity contribution is 6.13. The van der Waals surface area contributed by atoms with E-state index in [9.17, 15) is 14.0 Å². The summed E-state index contributed by atoms with van der Waals surface area (Å²) in [5.41, 5.74) is 2.18. The Kier molecular flexibility index (Phi) is 6.69. The van der Waals surface area contributed by atoms with Crippen molar-refractivity contribution in [1.29, 1.82) is 0 Å². The van der Waals surface area contributed by atoms with Gasteiger partial charge in [0.1, 0.15) is 17.5 Å². The van der Waals surface area contributed by atoms with Crippen LogP contribution in [0.1, 0.15) is 43.5 Å². The molecule has 0 saturated carbocycles. The van der Waals surface area contributed by atoms with Crippen molar-refractivity contribution < 1.29 is 23.5 Å². The van der Waals surface area contributed by atoms with Crippen molar-refractivity contribution in [2.45, 2.75) is 38.5 Å². The van der Waals surface area contributed by atoms with Gasteiger partial charge in [0.2, 0.25) is 0 Å². The van der Waals surface area contributed by atoms with Crippen molar-refractivity contribution in [3.05, 3.63) is 101 Å². The Morgan fingerprint density at radius 1 is 0.914 bits per heavy atom. The molecule has 0 aliphatic carbocycles. The highest BCUT2D eigenvalue weighted by Gasteiger charge is 2.48. The van der Waals surface area contributed by atoms with Gasteiger partial charge in [-0.3, -0.25) is 9.89 Å². The van der Waals surface area contributed by atoms with Crippen LogP contribution in [0.2, 0.25) is 0 Å². The van der Waals surface area contributed by atoms with Gasteiger partial charge < -0.3 is 9.47 Å². The molecule has 1 aliphatic rings. The van der Waals surface area contributed by atoms with Crippen molar-refractivity contribution in [3.63, 3.8) is 0 Å². The third-order valence-electron chi connectivity index (χ3n) is 5.54. The number of esters is 1. The minimum Gasteiger partial charge on any atom is -0.467 e. The molecule has 0 radical (unpaired) electrons. The quantitative estimate of drug-likeness (QED) is 0.359. The Labute approximate surface area is 204 Å². The molecule has 1 aliphatic heterocycles. The van der Waals surface area contributed by atoms with E-state index in [1.165, 1.54) is 30.2 Å². The first-order chi connectivity index (χ1) is 16.7. The summed E-state index contributed by atoms with van der Waals surface area (Å²) in [4.78, 5) is 32.5. The number of hydrogen-bond donors (Lipinski definition) is 0. The second-order valence-electron chi connectivity index (χ2n) is 9.18. The maximum absolute atomic E-state index is 14.4. The third-order valence-corrected chi connectivity index (χ3v) is 5.54. The molecule has 0 saturated heterocycles. The second-order valence-corrected chi connectivity index (χ2v) is 9.18. The first kappa shape index (κ1) is 24.1. The van der Waals surface area contributed by atoms with Crippen LogP contribution in [0.3, 0.4) is 0 Å². The van der Waals surface area contributed by atoms with E-state index < -0.39 is 35.6 Å². The zero-order valence-corrected chi connectivity index (χ0v) is 20.1.